The van der Waals surface area contributed by atoms with Crippen LogP contribution in [0, 0.1) is 0 Å². The van der Waals surface area contributed by atoms with Crippen molar-refractivity contribution in [2.45, 2.75) is 31.6 Å². The van der Waals surface area contributed by atoms with Crippen molar-refractivity contribution in [2.24, 2.45) is 5.73 Å². The van der Waals surface area contributed by atoms with Crippen LogP contribution >= 0.6 is 0 Å². The third kappa shape index (κ3) is 4.69. The van der Waals surface area contributed by atoms with Gasteiger partial charge >= 0.3 is 0 Å². The quantitative estimate of drug-likeness (QED) is 0.554. The van der Waals surface area contributed by atoms with Gasteiger partial charge in [-0.15, -0.1) is 0 Å². The van der Waals surface area contributed by atoms with E-state index in [-0.39, 0.29) is 0 Å². The summed E-state index contributed by atoms with van der Waals surface area (Å²) in [5.41, 5.74) is 9.68. The Morgan fingerprint density at radius 1 is 1.10 bits per heavy atom. The Morgan fingerprint density at radius 3 is 2.80 bits per heavy atom. The molecule has 0 radical (unpaired) electrons. The first kappa shape index (κ1) is 20.1. The van der Waals surface area contributed by atoms with Crippen molar-refractivity contribution in [3.8, 4) is 11.5 Å². The van der Waals surface area contributed by atoms with E-state index < -0.39 is 5.91 Å². The Hall–Kier alpha value is -3.18. The molecule has 5 nitrogen and oxygen atoms in total. The Bertz CT molecular complexity index is 1000. The molecule has 1 atom stereocenters. The fourth-order valence-electron chi connectivity index (χ4n) is 4.15. The number of benzene rings is 2. The average Bonchev–Trinajstić information content (AvgIpc) is 2.78. The summed E-state index contributed by atoms with van der Waals surface area (Å²) in [4.78, 5) is 15.7. The van der Waals surface area contributed by atoms with E-state index in [1.807, 2.05) is 18.2 Å². The van der Waals surface area contributed by atoms with Crippen molar-refractivity contribution in [1.82, 2.24) is 10.3 Å². The molecule has 0 saturated carbocycles. The first-order chi connectivity index (χ1) is 14.7. The lowest BCUT2D eigenvalue weighted by Crippen LogP contribution is -2.26. The van der Waals surface area contributed by atoms with E-state index in [2.05, 4.69) is 40.6 Å². The fourth-order valence-corrected chi connectivity index (χ4v) is 4.15. The fraction of sp³-hybridized carbons (Fsp3) is 0.280. The largest absolute Gasteiger partial charge is 0.456 e. The smallest absolute Gasteiger partial charge is 0.254 e. The second kappa shape index (κ2) is 9.55. The molecule has 3 aromatic rings. The molecule has 1 aliphatic rings. The molecular formula is C25H27N3O2. The first-order valence-electron chi connectivity index (χ1n) is 10.5. The summed E-state index contributed by atoms with van der Waals surface area (Å²) >= 11 is 0. The highest BCUT2D eigenvalue weighted by Crippen LogP contribution is 2.38. The predicted molar refractivity (Wildman–Crippen MR) is 118 cm³/mol. The second-order valence-electron chi connectivity index (χ2n) is 7.69. The minimum absolute atomic E-state index is 0.296. The summed E-state index contributed by atoms with van der Waals surface area (Å²) in [7, 11) is 0. The van der Waals surface area contributed by atoms with Gasteiger partial charge in [-0.05, 0) is 67.0 Å². The number of nitrogens with zero attached hydrogens (tertiary/aromatic N) is 1. The number of carbonyl (C=O) groups excluding carboxylic acids is 1. The topological polar surface area (TPSA) is 77.2 Å². The van der Waals surface area contributed by atoms with Gasteiger partial charge in [0, 0.05) is 18.9 Å². The van der Waals surface area contributed by atoms with Crippen LogP contribution in [0.2, 0.25) is 0 Å². The monoisotopic (exact) mass is 401 g/mol. The lowest BCUT2D eigenvalue weighted by molar-refractivity contribution is 0.0997. The maximum atomic E-state index is 11.7. The van der Waals surface area contributed by atoms with E-state index in [0.29, 0.717) is 17.2 Å². The molecule has 2 aromatic carbocycles. The molecule has 30 heavy (non-hydrogen) atoms. The molecule has 1 unspecified atom stereocenters. The Balaban J connectivity index is 1.45. The van der Waals surface area contributed by atoms with Crippen LogP contribution in [0.15, 0.2) is 67.0 Å². The van der Waals surface area contributed by atoms with Crippen LogP contribution in [0.5, 0.6) is 11.5 Å². The van der Waals surface area contributed by atoms with Crippen molar-refractivity contribution in [3.63, 3.8) is 0 Å². The van der Waals surface area contributed by atoms with E-state index in [9.17, 15) is 4.79 Å². The van der Waals surface area contributed by atoms with Crippen LogP contribution in [0.25, 0.3) is 0 Å². The highest BCUT2D eigenvalue weighted by molar-refractivity contribution is 5.95. The zero-order chi connectivity index (χ0) is 20.8. The minimum atomic E-state index is -0.539. The average molecular weight is 402 g/mol. The van der Waals surface area contributed by atoms with Crippen molar-refractivity contribution < 1.29 is 9.53 Å². The number of fused-ring (bicyclic) bond motifs is 1. The number of nitrogens with one attached hydrogen (secondary N) is 1. The molecule has 4 rings (SSSR count). The summed E-state index contributed by atoms with van der Waals surface area (Å²) in [6.07, 6.45) is 7.35. The van der Waals surface area contributed by atoms with Crippen LogP contribution in [0.4, 0.5) is 0 Å². The normalized spacial score (nSPS) is 15.4. The summed E-state index contributed by atoms with van der Waals surface area (Å²) in [5.74, 6) is 1.17. The molecule has 1 aromatic heterocycles. The maximum absolute atomic E-state index is 11.7. The number of aromatic nitrogens is 1. The third-order valence-electron chi connectivity index (χ3n) is 5.68. The molecule has 0 aliphatic heterocycles. The number of hydrogen-bond acceptors (Lipinski definition) is 4. The van der Waals surface area contributed by atoms with Gasteiger partial charge in [-0.25, -0.2) is 0 Å². The van der Waals surface area contributed by atoms with E-state index in [1.54, 1.807) is 12.3 Å². The maximum Gasteiger partial charge on any atom is 0.254 e. The van der Waals surface area contributed by atoms with E-state index in [4.69, 9.17) is 10.5 Å². The Kier molecular flexibility index (Phi) is 6.40. The zero-order valence-corrected chi connectivity index (χ0v) is 17.0. The summed E-state index contributed by atoms with van der Waals surface area (Å²) in [6.45, 7) is 1.91. The van der Waals surface area contributed by atoms with Gasteiger partial charge in [-0.2, -0.15) is 0 Å². The van der Waals surface area contributed by atoms with Crippen LogP contribution in [-0.4, -0.2) is 24.0 Å². The molecular weight excluding hydrogens is 374 g/mol. The Labute approximate surface area is 177 Å². The van der Waals surface area contributed by atoms with Crippen LogP contribution in [0.1, 0.15) is 45.8 Å². The standard InChI is InChI=1S/C25H27N3O2/c26-25(29)22-17-28-15-13-24(22)30-23-11-5-9-20-19(8-4-10-21(20)23)16-27-14-12-18-6-2-1-3-7-18/h1-3,5-7,9,11,13,15,17,19,27H,4,8,10,12,14,16H2,(H2,26,29). The van der Waals surface area contributed by atoms with Gasteiger partial charge < -0.3 is 15.8 Å². The van der Waals surface area contributed by atoms with Crippen LogP contribution in [0.3, 0.4) is 0 Å². The second-order valence-corrected chi connectivity index (χ2v) is 7.69. The number of hydrogen-bond donors (Lipinski definition) is 2. The number of rotatable bonds is 8. The van der Waals surface area contributed by atoms with E-state index in [1.165, 1.54) is 22.9 Å². The number of pyridine rings is 1. The predicted octanol–water partition coefficient (Wildman–Crippen LogP) is 4.23. The number of nitrogens with two attached hydrogens (primary N) is 1. The van der Waals surface area contributed by atoms with Gasteiger partial charge in [0.1, 0.15) is 17.1 Å². The minimum Gasteiger partial charge on any atom is -0.456 e. The molecule has 0 bridgehead atoms. The van der Waals surface area contributed by atoms with E-state index >= 15 is 0 Å². The number of primary amides is 1. The highest BCUT2D eigenvalue weighted by Gasteiger charge is 2.23. The van der Waals surface area contributed by atoms with Crippen LogP contribution in [-0.2, 0) is 12.8 Å². The highest BCUT2D eigenvalue weighted by atomic mass is 16.5. The van der Waals surface area contributed by atoms with Crippen LogP contribution < -0.4 is 15.8 Å². The summed E-state index contributed by atoms with van der Waals surface area (Å²) in [6, 6.07) is 18.4. The van der Waals surface area contributed by atoms with Crippen molar-refractivity contribution in [1.29, 1.82) is 0 Å². The van der Waals surface area contributed by atoms with Gasteiger partial charge in [0.25, 0.3) is 5.91 Å². The molecule has 0 spiro atoms. The molecule has 0 fully saturated rings. The molecule has 5 heteroatoms. The first-order valence-corrected chi connectivity index (χ1v) is 10.5. The summed E-state index contributed by atoms with van der Waals surface area (Å²) < 4.78 is 6.14. The lowest BCUT2D eigenvalue weighted by atomic mass is 9.82. The van der Waals surface area contributed by atoms with Gasteiger partial charge in [0.2, 0.25) is 0 Å². The third-order valence-corrected chi connectivity index (χ3v) is 5.68. The number of ether oxygens (including phenoxy) is 1. The Morgan fingerprint density at radius 2 is 1.97 bits per heavy atom. The van der Waals surface area contributed by atoms with Crippen molar-refractivity contribution in [3.05, 3.63) is 89.2 Å². The zero-order valence-electron chi connectivity index (χ0n) is 17.0. The number of amides is 1. The molecule has 1 aliphatic carbocycles. The molecule has 0 saturated heterocycles. The summed E-state index contributed by atoms with van der Waals surface area (Å²) in [5, 5.41) is 3.63. The number of carbonyl (C=O) groups is 1. The lowest BCUT2D eigenvalue weighted by Gasteiger charge is -2.27. The van der Waals surface area contributed by atoms with E-state index in [0.717, 1.165) is 44.5 Å². The molecule has 154 valence electrons. The van der Waals surface area contributed by atoms with Crippen molar-refractivity contribution in [2.75, 3.05) is 13.1 Å². The molecule has 1 heterocycles. The SMILES string of the molecule is NC(=O)c1cnccc1Oc1cccc2c1CCCC2CNCCc1ccccc1. The van der Waals surface area contributed by atoms with Gasteiger partial charge in [-0.3, -0.25) is 9.78 Å². The van der Waals surface area contributed by atoms with Gasteiger partial charge in [0.05, 0.1) is 0 Å². The molecule has 3 N–H and O–H groups in total. The van der Waals surface area contributed by atoms with Gasteiger partial charge in [-0.1, -0.05) is 42.5 Å². The van der Waals surface area contributed by atoms with Gasteiger partial charge in [0.15, 0.2) is 0 Å². The van der Waals surface area contributed by atoms with Crippen molar-refractivity contribution >= 4 is 5.91 Å². The molecule has 1 amide bonds.